The lowest BCUT2D eigenvalue weighted by molar-refractivity contribution is 1.15. The van der Waals surface area contributed by atoms with Gasteiger partial charge in [-0.05, 0) is 18.6 Å². The predicted octanol–water partition coefficient (Wildman–Crippen LogP) is 1.89. The summed E-state index contributed by atoms with van der Waals surface area (Å²) in [6.45, 7) is 2.01. The second-order valence-corrected chi connectivity index (χ2v) is 3.29. The Morgan fingerprint density at radius 3 is 2.73 bits per heavy atom. The van der Waals surface area contributed by atoms with Crippen molar-refractivity contribution in [3.8, 4) is 11.3 Å². The molecule has 15 heavy (non-hydrogen) atoms. The van der Waals surface area contributed by atoms with Gasteiger partial charge in [0.2, 0.25) is 0 Å². The van der Waals surface area contributed by atoms with E-state index in [-0.39, 0.29) is 0 Å². The van der Waals surface area contributed by atoms with Gasteiger partial charge in [-0.15, -0.1) is 0 Å². The zero-order valence-electron chi connectivity index (χ0n) is 8.73. The zero-order valence-corrected chi connectivity index (χ0v) is 8.73. The van der Waals surface area contributed by atoms with Crippen LogP contribution in [-0.2, 0) is 0 Å². The van der Waals surface area contributed by atoms with Crippen molar-refractivity contribution >= 4 is 5.82 Å². The van der Waals surface area contributed by atoms with E-state index < -0.39 is 0 Å². The van der Waals surface area contributed by atoms with Crippen LogP contribution in [0.15, 0.2) is 30.9 Å². The molecule has 0 aromatic carbocycles. The van der Waals surface area contributed by atoms with Crippen molar-refractivity contribution in [1.82, 2.24) is 15.0 Å². The van der Waals surface area contributed by atoms with Gasteiger partial charge in [-0.25, -0.2) is 9.97 Å². The van der Waals surface area contributed by atoms with Gasteiger partial charge in [0.25, 0.3) is 0 Å². The number of nitrogens with zero attached hydrogens (tertiary/aromatic N) is 3. The second-order valence-electron chi connectivity index (χ2n) is 3.29. The van der Waals surface area contributed by atoms with E-state index in [2.05, 4.69) is 26.3 Å². The van der Waals surface area contributed by atoms with Crippen LogP contribution in [0.3, 0.4) is 0 Å². The molecular formula is C11H12N4. The first-order valence-electron chi connectivity index (χ1n) is 4.71. The van der Waals surface area contributed by atoms with Gasteiger partial charge in [-0.3, -0.25) is 4.98 Å². The van der Waals surface area contributed by atoms with Crippen LogP contribution in [0, 0.1) is 6.92 Å². The van der Waals surface area contributed by atoms with E-state index in [0.717, 1.165) is 22.6 Å². The fraction of sp³-hybridized carbons (Fsp3) is 0.182. The molecule has 0 amide bonds. The van der Waals surface area contributed by atoms with E-state index in [1.165, 1.54) is 0 Å². The molecule has 0 bridgehead atoms. The summed E-state index contributed by atoms with van der Waals surface area (Å²) in [7, 11) is 1.83. The first-order valence-corrected chi connectivity index (χ1v) is 4.71. The molecule has 2 aromatic heterocycles. The van der Waals surface area contributed by atoms with Crippen LogP contribution in [0.5, 0.6) is 0 Å². The summed E-state index contributed by atoms with van der Waals surface area (Å²) >= 11 is 0. The molecule has 0 saturated carbocycles. The SMILES string of the molecule is CNc1cc(-c2cncc(C)c2)ncn1. The van der Waals surface area contributed by atoms with Crippen molar-refractivity contribution in [3.63, 3.8) is 0 Å². The summed E-state index contributed by atoms with van der Waals surface area (Å²) in [5.74, 6) is 0.807. The highest BCUT2D eigenvalue weighted by atomic mass is 15.0. The van der Waals surface area contributed by atoms with Crippen molar-refractivity contribution in [3.05, 3.63) is 36.4 Å². The Kier molecular flexibility index (Phi) is 2.58. The molecule has 0 fully saturated rings. The standard InChI is InChI=1S/C11H12N4/c1-8-3-9(6-13-5-8)10-4-11(12-2)15-7-14-10/h3-7H,1-2H3,(H,12,14,15). The largest absolute Gasteiger partial charge is 0.373 e. The Labute approximate surface area is 88.4 Å². The van der Waals surface area contributed by atoms with Crippen molar-refractivity contribution in [2.45, 2.75) is 6.92 Å². The van der Waals surface area contributed by atoms with Crippen LogP contribution in [0.4, 0.5) is 5.82 Å². The summed E-state index contributed by atoms with van der Waals surface area (Å²) < 4.78 is 0. The molecular weight excluding hydrogens is 188 g/mol. The van der Waals surface area contributed by atoms with Gasteiger partial charge in [-0.2, -0.15) is 0 Å². The Bertz CT molecular complexity index is 468. The minimum atomic E-state index is 0.807. The fourth-order valence-corrected chi connectivity index (χ4v) is 1.35. The lowest BCUT2D eigenvalue weighted by Gasteiger charge is -2.03. The van der Waals surface area contributed by atoms with E-state index in [4.69, 9.17) is 0 Å². The lowest BCUT2D eigenvalue weighted by atomic mass is 10.1. The number of aryl methyl sites for hydroxylation is 1. The highest BCUT2D eigenvalue weighted by Gasteiger charge is 2.01. The normalized spacial score (nSPS) is 10.0. The number of nitrogens with one attached hydrogen (secondary N) is 1. The number of rotatable bonds is 2. The van der Waals surface area contributed by atoms with Crippen molar-refractivity contribution < 1.29 is 0 Å². The van der Waals surface area contributed by atoms with Gasteiger partial charge in [0, 0.05) is 31.1 Å². The van der Waals surface area contributed by atoms with Crippen molar-refractivity contribution in [1.29, 1.82) is 0 Å². The monoisotopic (exact) mass is 200 g/mol. The molecule has 0 spiro atoms. The van der Waals surface area contributed by atoms with Gasteiger partial charge in [0.1, 0.15) is 12.1 Å². The molecule has 0 unspecified atom stereocenters. The van der Waals surface area contributed by atoms with E-state index in [0.29, 0.717) is 0 Å². The average molecular weight is 200 g/mol. The highest BCUT2D eigenvalue weighted by molar-refractivity contribution is 5.61. The Morgan fingerprint density at radius 1 is 1.13 bits per heavy atom. The summed E-state index contributed by atoms with van der Waals surface area (Å²) in [6, 6.07) is 3.95. The van der Waals surface area contributed by atoms with Crippen LogP contribution in [-0.4, -0.2) is 22.0 Å². The third-order valence-corrected chi connectivity index (χ3v) is 2.09. The molecule has 4 nitrogen and oxygen atoms in total. The van der Waals surface area contributed by atoms with E-state index in [1.54, 1.807) is 12.5 Å². The summed E-state index contributed by atoms with van der Waals surface area (Å²) in [4.78, 5) is 12.4. The number of hydrogen-bond acceptors (Lipinski definition) is 4. The topological polar surface area (TPSA) is 50.7 Å². The Hall–Kier alpha value is -1.97. The Balaban J connectivity index is 2.44. The van der Waals surface area contributed by atoms with E-state index in [1.807, 2.05) is 26.2 Å². The van der Waals surface area contributed by atoms with Gasteiger partial charge in [-0.1, -0.05) is 0 Å². The first-order chi connectivity index (χ1) is 7.29. The third-order valence-electron chi connectivity index (χ3n) is 2.09. The van der Waals surface area contributed by atoms with Gasteiger partial charge in [0.05, 0.1) is 5.69 Å². The van der Waals surface area contributed by atoms with Gasteiger partial charge < -0.3 is 5.32 Å². The number of aromatic nitrogens is 3. The number of pyridine rings is 1. The van der Waals surface area contributed by atoms with E-state index in [9.17, 15) is 0 Å². The fourth-order valence-electron chi connectivity index (χ4n) is 1.35. The van der Waals surface area contributed by atoms with Crippen LogP contribution in [0.1, 0.15) is 5.56 Å². The molecule has 4 heteroatoms. The molecule has 0 radical (unpaired) electrons. The molecule has 0 saturated heterocycles. The summed E-state index contributed by atoms with van der Waals surface area (Å²) in [6.07, 6.45) is 5.17. The molecule has 2 heterocycles. The molecule has 2 aromatic rings. The van der Waals surface area contributed by atoms with Crippen LogP contribution >= 0.6 is 0 Å². The second kappa shape index (κ2) is 4.04. The number of hydrogen-bond donors (Lipinski definition) is 1. The van der Waals surface area contributed by atoms with Gasteiger partial charge >= 0.3 is 0 Å². The minimum absolute atomic E-state index is 0.807. The minimum Gasteiger partial charge on any atom is -0.373 e. The molecule has 0 aliphatic rings. The highest BCUT2D eigenvalue weighted by Crippen LogP contribution is 2.18. The van der Waals surface area contributed by atoms with Gasteiger partial charge in [0.15, 0.2) is 0 Å². The Morgan fingerprint density at radius 2 is 2.00 bits per heavy atom. The number of anilines is 1. The molecule has 1 N–H and O–H groups in total. The third kappa shape index (κ3) is 2.10. The maximum absolute atomic E-state index is 4.21. The maximum atomic E-state index is 4.21. The smallest absolute Gasteiger partial charge is 0.129 e. The maximum Gasteiger partial charge on any atom is 0.129 e. The summed E-state index contributed by atoms with van der Waals surface area (Å²) in [5.41, 5.74) is 3.01. The first kappa shape index (κ1) is 9.58. The average Bonchev–Trinajstić information content (AvgIpc) is 2.29. The van der Waals surface area contributed by atoms with E-state index >= 15 is 0 Å². The molecule has 0 aliphatic heterocycles. The lowest BCUT2D eigenvalue weighted by Crippen LogP contribution is -1.94. The summed E-state index contributed by atoms with van der Waals surface area (Å²) in [5, 5.41) is 2.98. The zero-order chi connectivity index (χ0) is 10.7. The van der Waals surface area contributed by atoms with Crippen molar-refractivity contribution in [2.75, 3.05) is 12.4 Å². The van der Waals surface area contributed by atoms with Crippen molar-refractivity contribution in [2.24, 2.45) is 0 Å². The predicted molar refractivity (Wildman–Crippen MR) is 59.5 cm³/mol. The molecule has 76 valence electrons. The molecule has 0 atom stereocenters. The quantitative estimate of drug-likeness (QED) is 0.804. The van der Waals surface area contributed by atoms with Crippen LogP contribution in [0.2, 0.25) is 0 Å². The van der Waals surface area contributed by atoms with Crippen LogP contribution < -0.4 is 5.32 Å². The molecule has 2 rings (SSSR count). The molecule has 0 aliphatic carbocycles. The van der Waals surface area contributed by atoms with Crippen LogP contribution in [0.25, 0.3) is 11.3 Å².